The van der Waals surface area contributed by atoms with Crippen LogP contribution >= 0.6 is 0 Å². The van der Waals surface area contributed by atoms with Gasteiger partial charge in [-0.1, -0.05) is 36.4 Å². The summed E-state index contributed by atoms with van der Waals surface area (Å²) >= 11 is 0. The number of anilines is 1. The Morgan fingerprint density at radius 3 is 2.57 bits per heavy atom. The van der Waals surface area contributed by atoms with Gasteiger partial charge in [0, 0.05) is 23.9 Å². The number of hydrogen-bond donors (Lipinski definition) is 3. The smallest absolute Gasteiger partial charge is 0.356 e. The zero-order chi connectivity index (χ0) is 19.9. The van der Waals surface area contributed by atoms with E-state index in [1.54, 1.807) is 24.3 Å². The molecule has 1 aromatic heterocycles. The van der Waals surface area contributed by atoms with Crippen molar-refractivity contribution in [2.24, 2.45) is 0 Å². The van der Waals surface area contributed by atoms with E-state index in [4.69, 9.17) is 4.74 Å². The number of nitrogens with zero attached hydrogens (tertiary/aromatic N) is 1. The highest BCUT2D eigenvalue weighted by Gasteiger charge is 2.14. The molecule has 0 aliphatic carbocycles. The lowest BCUT2D eigenvalue weighted by atomic mass is 10.1. The molecule has 3 N–H and O–H groups in total. The molecule has 1 heterocycles. The molecule has 0 saturated heterocycles. The fraction of sp³-hybridized carbons (Fsp3) is 0.100. The lowest BCUT2D eigenvalue weighted by Crippen LogP contribution is -2.22. The van der Waals surface area contributed by atoms with Gasteiger partial charge in [0.1, 0.15) is 5.69 Å². The molecule has 0 unspecified atom stereocenters. The molecule has 2 aromatic carbocycles. The number of ether oxygens (including phenoxy) is 1. The van der Waals surface area contributed by atoms with Crippen molar-refractivity contribution in [1.82, 2.24) is 15.5 Å². The van der Waals surface area contributed by atoms with Gasteiger partial charge in [-0.2, -0.15) is 5.10 Å². The highest BCUT2D eigenvalue weighted by Crippen LogP contribution is 2.17. The monoisotopic (exact) mass is 378 g/mol. The van der Waals surface area contributed by atoms with Crippen molar-refractivity contribution in [1.29, 1.82) is 0 Å². The highest BCUT2D eigenvalue weighted by molar-refractivity contribution is 5.98. The van der Waals surface area contributed by atoms with Crippen molar-refractivity contribution in [3.05, 3.63) is 71.9 Å². The number of H-pyrrole nitrogens is 1. The zero-order valence-electron chi connectivity index (χ0n) is 15.1. The minimum Gasteiger partial charge on any atom is -0.451 e. The summed E-state index contributed by atoms with van der Waals surface area (Å²) in [5.74, 6) is -1.48. The van der Waals surface area contributed by atoms with E-state index < -0.39 is 18.5 Å². The number of benzene rings is 2. The van der Waals surface area contributed by atoms with Gasteiger partial charge in [-0.05, 0) is 24.3 Å². The first-order valence-electron chi connectivity index (χ1n) is 8.47. The van der Waals surface area contributed by atoms with Crippen LogP contribution in [0, 0.1) is 0 Å². The van der Waals surface area contributed by atoms with Gasteiger partial charge in [0.25, 0.3) is 11.8 Å². The number of rotatable bonds is 6. The minimum atomic E-state index is -0.691. The highest BCUT2D eigenvalue weighted by atomic mass is 16.5. The summed E-state index contributed by atoms with van der Waals surface area (Å²) in [6.45, 7) is -0.470. The van der Waals surface area contributed by atoms with Crippen LogP contribution < -0.4 is 10.6 Å². The van der Waals surface area contributed by atoms with E-state index >= 15 is 0 Å². The molecule has 0 atom stereocenters. The quantitative estimate of drug-likeness (QED) is 0.569. The Morgan fingerprint density at radius 2 is 1.82 bits per heavy atom. The average Bonchev–Trinajstić information content (AvgIpc) is 3.22. The molecule has 8 heteroatoms. The van der Waals surface area contributed by atoms with E-state index in [2.05, 4.69) is 20.8 Å². The number of esters is 1. The number of carbonyl (C=O) groups is 3. The Kier molecular flexibility index (Phi) is 5.81. The molecular weight excluding hydrogens is 360 g/mol. The normalized spacial score (nSPS) is 10.2. The minimum absolute atomic E-state index is 0.147. The van der Waals surface area contributed by atoms with Gasteiger partial charge in [-0.15, -0.1) is 0 Å². The predicted molar refractivity (Wildman–Crippen MR) is 103 cm³/mol. The second-order valence-electron chi connectivity index (χ2n) is 5.82. The molecule has 0 aliphatic heterocycles. The topological polar surface area (TPSA) is 113 Å². The fourth-order valence-electron chi connectivity index (χ4n) is 2.47. The van der Waals surface area contributed by atoms with Gasteiger partial charge in [0.2, 0.25) is 0 Å². The first-order valence-corrected chi connectivity index (χ1v) is 8.47. The maximum Gasteiger partial charge on any atom is 0.356 e. The van der Waals surface area contributed by atoms with Crippen LogP contribution in [0.3, 0.4) is 0 Å². The Morgan fingerprint density at radius 1 is 1.04 bits per heavy atom. The van der Waals surface area contributed by atoms with Gasteiger partial charge >= 0.3 is 5.97 Å². The van der Waals surface area contributed by atoms with E-state index in [0.29, 0.717) is 16.9 Å². The van der Waals surface area contributed by atoms with Gasteiger partial charge < -0.3 is 15.4 Å². The summed E-state index contributed by atoms with van der Waals surface area (Å²) in [4.78, 5) is 35.7. The number of aromatic amines is 1. The van der Waals surface area contributed by atoms with Crippen molar-refractivity contribution in [2.45, 2.75) is 0 Å². The molecular formula is C20H18N4O4. The summed E-state index contributed by atoms with van der Waals surface area (Å²) in [5.41, 5.74) is 2.43. The second kappa shape index (κ2) is 8.63. The molecule has 0 radical (unpaired) electrons. The van der Waals surface area contributed by atoms with Gasteiger partial charge in [-0.3, -0.25) is 14.7 Å². The van der Waals surface area contributed by atoms with E-state index in [9.17, 15) is 14.4 Å². The van der Waals surface area contributed by atoms with Crippen molar-refractivity contribution in [3.8, 4) is 11.3 Å². The number of hydrogen-bond acceptors (Lipinski definition) is 5. The van der Waals surface area contributed by atoms with Crippen LogP contribution in [0.5, 0.6) is 0 Å². The lowest BCUT2D eigenvalue weighted by molar-refractivity contribution is -0.119. The van der Waals surface area contributed by atoms with Crippen molar-refractivity contribution in [2.75, 3.05) is 19.0 Å². The third-order valence-electron chi connectivity index (χ3n) is 3.84. The van der Waals surface area contributed by atoms with Crippen LogP contribution in [0.15, 0.2) is 60.7 Å². The average molecular weight is 378 g/mol. The van der Waals surface area contributed by atoms with Crippen LogP contribution in [-0.2, 0) is 9.53 Å². The number of aromatic nitrogens is 2. The molecule has 142 valence electrons. The van der Waals surface area contributed by atoms with Gasteiger partial charge in [0.15, 0.2) is 6.61 Å². The molecule has 28 heavy (non-hydrogen) atoms. The molecule has 0 aliphatic rings. The van der Waals surface area contributed by atoms with Crippen LogP contribution in [0.25, 0.3) is 11.3 Å². The van der Waals surface area contributed by atoms with Gasteiger partial charge in [-0.25, -0.2) is 4.79 Å². The van der Waals surface area contributed by atoms with E-state index in [-0.39, 0.29) is 11.6 Å². The Bertz CT molecular complexity index is 998. The van der Waals surface area contributed by atoms with E-state index in [1.807, 2.05) is 30.3 Å². The third-order valence-corrected chi connectivity index (χ3v) is 3.84. The maximum absolute atomic E-state index is 12.1. The molecule has 0 bridgehead atoms. The summed E-state index contributed by atoms with van der Waals surface area (Å²) < 4.78 is 5.01. The standard InChI is InChI=1S/C20H18N4O4/c1-21-19(26)14-8-5-9-15(10-14)22-18(25)12-28-20(27)17-11-16(23-24-17)13-6-3-2-4-7-13/h2-11H,12H2,1H3,(H,21,26)(H,22,25)(H,23,24). The van der Waals surface area contributed by atoms with Crippen LogP contribution in [0.4, 0.5) is 5.69 Å². The molecule has 0 fully saturated rings. The molecule has 8 nitrogen and oxygen atoms in total. The molecule has 0 saturated carbocycles. The first kappa shape index (κ1) is 18.8. The number of carbonyl (C=O) groups excluding carboxylic acids is 3. The molecule has 3 rings (SSSR count). The second-order valence-corrected chi connectivity index (χ2v) is 5.82. The summed E-state index contributed by atoms with van der Waals surface area (Å²) in [5, 5.41) is 11.8. The van der Waals surface area contributed by atoms with Crippen LogP contribution in [-0.4, -0.2) is 41.6 Å². The third kappa shape index (κ3) is 4.61. The largest absolute Gasteiger partial charge is 0.451 e. The summed E-state index contributed by atoms with van der Waals surface area (Å²) in [6, 6.07) is 17.3. The Balaban J connectivity index is 1.56. The van der Waals surface area contributed by atoms with E-state index in [1.165, 1.54) is 13.1 Å². The SMILES string of the molecule is CNC(=O)c1cccc(NC(=O)COC(=O)c2cc(-c3ccccc3)n[nH]2)c1. The Labute approximate surface area is 160 Å². The fourth-order valence-corrected chi connectivity index (χ4v) is 2.47. The van der Waals surface area contributed by atoms with Crippen LogP contribution in [0.2, 0.25) is 0 Å². The number of amides is 2. The maximum atomic E-state index is 12.1. The Hall–Kier alpha value is -3.94. The first-order chi connectivity index (χ1) is 13.6. The van der Waals surface area contributed by atoms with Crippen LogP contribution in [0.1, 0.15) is 20.8 Å². The van der Waals surface area contributed by atoms with Crippen molar-refractivity contribution >= 4 is 23.5 Å². The zero-order valence-corrected chi connectivity index (χ0v) is 15.1. The van der Waals surface area contributed by atoms with Crippen molar-refractivity contribution < 1.29 is 19.1 Å². The van der Waals surface area contributed by atoms with Crippen molar-refractivity contribution in [3.63, 3.8) is 0 Å². The van der Waals surface area contributed by atoms with E-state index in [0.717, 1.165) is 5.56 Å². The molecule has 0 spiro atoms. The predicted octanol–water partition coefficient (Wildman–Crippen LogP) is 2.23. The van der Waals surface area contributed by atoms with Gasteiger partial charge in [0.05, 0.1) is 5.69 Å². The molecule has 2 amide bonds. The summed E-state index contributed by atoms with van der Waals surface area (Å²) in [7, 11) is 1.52. The summed E-state index contributed by atoms with van der Waals surface area (Å²) in [6.07, 6.45) is 0. The molecule has 3 aromatic rings. The number of nitrogens with one attached hydrogen (secondary N) is 3. The lowest BCUT2D eigenvalue weighted by Gasteiger charge is -2.07.